The van der Waals surface area contributed by atoms with Crippen LogP contribution in [0, 0.1) is 6.92 Å². The van der Waals surface area contributed by atoms with Crippen molar-refractivity contribution < 1.29 is 9.53 Å². The molecule has 1 aromatic heterocycles. The van der Waals surface area contributed by atoms with Crippen molar-refractivity contribution >= 4 is 46.1 Å². The van der Waals surface area contributed by atoms with Crippen molar-refractivity contribution in [2.45, 2.75) is 26.9 Å². The first-order valence-corrected chi connectivity index (χ1v) is 10.7. The summed E-state index contributed by atoms with van der Waals surface area (Å²) < 4.78 is 5.89. The monoisotopic (exact) mass is 431 g/mol. The molecule has 1 aliphatic rings. The average Bonchev–Trinajstić information content (AvgIpc) is 3.12. The normalized spacial score (nSPS) is 12.1. The fourth-order valence-electron chi connectivity index (χ4n) is 3.42. The lowest BCUT2D eigenvalue weighted by atomic mass is 10.0. The molecule has 0 unspecified atom stereocenters. The lowest BCUT2D eigenvalue weighted by Gasteiger charge is -2.22. The number of benzene rings is 2. The number of hydrogen-bond donors (Lipinski definition) is 0. The molecule has 4 rings (SSSR count). The molecule has 2 aromatic carbocycles. The minimum absolute atomic E-state index is 0.0326. The summed E-state index contributed by atoms with van der Waals surface area (Å²) in [6.45, 7) is 5.20. The van der Waals surface area contributed by atoms with E-state index in [0.29, 0.717) is 28.1 Å². The highest BCUT2D eigenvalue weighted by atomic mass is 35.5. The molecule has 0 spiro atoms. The van der Waals surface area contributed by atoms with Gasteiger partial charge in [0.05, 0.1) is 14.9 Å². The molecular weight excluding hydrogens is 413 g/mol. The predicted molar refractivity (Wildman–Crippen MR) is 117 cm³/mol. The number of rotatable bonds is 4. The largest absolute Gasteiger partial charge is 0.488 e. The maximum absolute atomic E-state index is 13.4. The lowest BCUT2D eigenvalue weighted by molar-refractivity contribution is 0.0990. The van der Waals surface area contributed by atoms with Crippen molar-refractivity contribution in [2.75, 3.05) is 11.4 Å². The molecule has 6 heteroatoms. The molecule has 0 radical (unpaired) electrons. The quantitative estimate of drug-likeness (QED) is 0.445. The van der Waals surface area contributed by atoms with Crippen LogP contribution < -0.4 is 9.64 Å². The van der Waals surface area contributed by atoms with Crippen molar-refractivity contribution in [3.05, 3.63) is 68.5 Å². The molecule has 2 heterocycles. The van der Waals surface area contributed by atoms with Crippen LogP contribution in [0.1, 0.15) is 34.1 Å². The highest BCUT2D eigenvalue weighted by molar-refractivity contribution is 7.17. The van der Waals surface area contributed by atoms with E-state index in [9.17, 15) is 4.79 Å². The predicted octanol–water partition coefficient (Wildman–Crippen LogP) is 6.98. The van der Waals surface area contributed by atoms with Gasteiger partial charge in [0.15, 0.2) is 0 Å². The molecular formula is C22H19Cl2NO2S. The van der Waals surface area contributed by atoms with Crippen LogP contribution in [0.15, 0.2) is 42.5 Å². The first-order valence-electron chi connectivity index (χ1n) is 9.12. The van der Waals surface area contributed by atoms with Gasteiger partial charge >= 0.3 is 0 Å². The summed E-state index contributed by atoms with van der Waals surface area (Å²) in [6.07, 6.45) is 0.835. The van der Waals surface area contributed by atoms with Crippen molar-refractivity contribution in [3.8, 4) is 16.2 Å². The second-order valence-corrected chi connectivity index (χ2v) is 8.62. The molecule has 0 atom stereocenters. The first kappa shape index (κ1) is 19.3. The van der Waals surface area contributed by atoms with Gasteiger partial charge in [-0.25, -0.2) is 0 Å². The van der Waals surface area contributed by atoms with Crippen molar-refractivity contribution in [3.63, 3.8) is 0 Å². The maximum atomic E-state index is 13.4. The topological polar surface area (TPSA) is 29.5 Å². The molecule has 0 saturated carbocycles. The van der Waals surface area contributed by atoms with E-state index in [1.54, 1.807) is 17.0 Å². The summed E-state index contributed by atoms with van der Waals surface area (Å²) in [5.41, 5.74) is 4.04. The second kappa shape index (κ2) is 7.78. The number of fused-ring (bicyclic) bond motifs is 3. The van der Waals surface area contributed by atoms with Gasteiger partial charge in [0.25, 0.3) is 5.91 Å². The van der Waals surface area contributed by atoms with Gasteiger partial charge in [0.1, 0.15) is 12.4 Å². The third kappa shape index (κ3) is 3.41. The Hall–Kier alpha value is -2.01. The fraction of sp³-hybridized carbons (Fsp3) is 0.227. The SMILES string of the molecule is CCCN(C(=O)c1cc2c(s1)-c1c(C)cccc1OC2)c1ccc(Cl)c(Cl)c1. The van der Waals surface area contributed by atoms with E-state index >= 15 is 0 Å². The van der Waals surface area contributed by atoms with Gasteiger partial charge in [-0.05, 0) is 49.2 Å². The Balaban J connectivity index is 1.73. The Morgan fingerprint density at radius 1 is 1.18 bits per heavy atom. The Labute approximate surface area is 178 Å². The lowest BCUT2D eigenvalue weighted by Crippen LogP contribution is -2.31. The minimum Gasteiger partial charge on any atom is -0.488 e. The number of ether oxygens (including phenoxy) is 1. The number of thiophene rings is 1. The zero-order valence-electron chi connectivity index (χ0n) is 15.6. The van der Waals surface area contributed by atoms with Crippen molar-refractivity contribution in [1.29, 1.82) is 0 Å². The van der Waals surface area contributed by atoms with Crippen molar-refractivity contribution in [2.24, 2.45) is 0 Å². The van der Waals surface area contributed by atoms with E-state index in [4.69, 9.17) is 27.9 Å². The third-order valence-electron chi connectivity index (χ3n) is 4.77. The number of nitrogens with zero attached hydrogens (tertiary/aromatic N) is 1. The van der Waals surface area contributed by atoms with E-state index in [-0.39, 0.29) is 5.91 Å². The molecule has 0 aliphatic carbocycles. The van der Waals surface area contributed by atoms with Gasteiger partial charge in [0.2, 0.25) is 0 Å². The Kier molecular flexibility index (Phi) is 5.37. The van der Waals surface area contributed by atoms with Gasteiger partial charge in [-0.1, -0.05) is 42.3 Å². The van der Waals surface area contributed by atoms with E-state index in [0.717, 1.165) is 39.4 Å². The number of carbonyl (C=O) groups is 1. The van der Waals surface area contributed by atoms with Crippen LogP contribution in [-0.4, -0.2) is 12.5 Å². The Morgan fingerprint density at radius 2 is 2.00 bits per heavy atom. The van der Waals surface area contributed by atoms with Crippen LogP contribution in [0.3, 0.4) is 0 Å². The summed E-state index contributed by atoms with van der Waals surface area (Å²) in [6, 6.07) is 13.3. The van der Waals surface area contributed by atoms with Gasteiger partial charge < -0.3 is 9.64 Å². The molecule has 0 fully saturated rings. The maximum Gasteiger partial charge on any atom is 0.268 e. The molecule has 144 valence electrons. The smallest absolute Gasteiger partial charge is 0.268 e. The number of halogens is 2. The zero-order valence-corrected chi connectivity index (χ0v) is 17.9. The molecule has 0 saturated heterocycles. The van der Waals surface area contributed by atoms with Crippen LogP contribution in [-0.2, 0) is 6.61 Å². The molecule has 1 aliphatic heterocycles. The van der Waals surface area contributed by atoms with Crippen LogP contribution in [0.5, 0.6) is 5.75 Å². The van der Waals surface area contributed by atoms with E-state index < -0.39 is 0 Å². The average molecular weight is 432 g/mol. The van der Waals surface area contributed by atoms with Crippen LogP contribution in [0.2, 0.25) is 10.0 Å². The number of amides is 1. The Bertz CT molecular complexity index is 1060. The minimum atomic E-state index is -0.0326. The first-order chi connectivity index (χ1) is 13.5. The van der Waals surface area contributed by atoms with Crippen LogP contribution in [0.25, 0.3) is 10.4 Å². The molecule has 0 N–H and O–H groups in total. The summed E-state index contributed by atoms with van der Waals surface area (Å²) >= 11 is 13.8. The fourth-order valence-corrected chi connectivity index (χ4v) is 4.94. The Morgan fingerprint density at radius 3 is 2.75 bits per heavy atom. The van der Waals surface area contributed by atoms with Crippen molar-refractivity contribution in [1.82, 2.24) is 0 Å². The molecule has 3 nitrogen and oxygen atoms in total. The molecule has 28 heavy (non-hydrogen) atoms. The molecule has 0 bridgehead atoms. The number of carbonyl (C=O) groups excluding carboxylic acids is 1. The van der Waals surface area contributed by atoms with Gasteiger partial charge in [-0.15, -0.1) is 11.3 Å². The second-order valence-electron chi connectivity index (χ2n) is 6.76. The van der Waals surface area contributed by atoms with Gasteiger partial charge in [0, 0.05) is 28.2 Å². The van der Waals surface area contributed by atoms with E-state index in [1.807, 2.05) is 31.2 Å². The van der Waals surface area contributed by atoms with Crippen LogP contribution >= 0.6 is 34.5 Å². The zero-order chi connectivity index (χ0) is 19.8. The van der Waals surface area contributed by atoms with Gasteiger partial charge in [-0.3, -0.25) is 4.79 Å². The van der Waals surface area contributed by atoms with Crippen LogP contribution in [0.4, 0.5) is 5.69 Å². The molecule has 1 amide bonds. The number of aryl methyl sites for hydroxylation is 1. The summed E-state index contributed by atoms with van der Waals surface area (Å²) in [5.74, 6) is 0.845. The molecule has 3 aromatic rings. The van der Waals surface area contributed by atoms with E-state index in [2.05, 4.69) is 13.0 Å². The summed E-state index contributed by atoms with van der Waals surface area (Å²) in [4.78, 5) is 16.9. The number of hydrogen-bond acceptors (Lipinski definition) is 3. The highest BCUT2D eigenvalue weighted by Crippen LogP contribution is 2.44. The number of anilines is 1. The van der Waals surface area contributed by atoms with Gasteiger partial charge in [-0.2, -0.15) is 0 Å². The summed E-state index contributed by atoms with van der Waals surface area (Å²) in [7, 11) is 0. The summed E-state index contributed by atoms with van der Waals surface area (Å²) in [5, 5.41) is 0.918. The highest BCUT2D eigenvalue weighted by Gasteiger charge is 2.26. The van der Waals surface area contributed by atoms with E-state index in [1.165, 1.54) is 11.3 Å². The third-order valence-corrected chi connectivity index (χ3v) is 6.69. The standard InChI is InChI=1S/C22H19Cl2NO2S/c1-3-9-25(15-7-8-16(23)17(24)11-15)22(26)19-10-14-12-27-18-6-4-5-13(2)20(18)21(14)28-19/h4-8,10-11H,3,9,12H2,1-2H3.